The lowest BCUT2D eigenvalue weighted by atomic mass is 10.1. The zero-order chi connectivity index (χ0) is 20.0. The maximum absolute atomic E-state index is 11.7. The molecule has 1 aliphatic heterocycles. The van der Waals surface area contributed by atoms with Crippen LogP contribution in [0.3, 0.4) is 0 Å². The summed E-state index contributed by atoms with van der Waals surface area (Å²) in [5.41, 5.74) is 1.83. The Balaban J connectivity index is 1.69. The lowest BCUT2D eigenvalue weighted by Crippen LogP contribution is -2.38. The number of unbranched alkanes of at least 4 members (excludes halogenated alkanes) is 1. The molecule has 1 heterocycles. The van der Waals surface area contributed by atoms with Crippen LogP contribution >= 0.6 is 0 Å². The summed E-state index contributed by atoms with van der Waals surface area (Å²) in [7, 11) is 1.65. The summed E-state index contributed by atoms with van der Waals surface area (Å²) >= 11 is 0. The molecule has 156 valence electrons. The number of hydrogen-bond acceptors (Lipinski definition) is 4. The lowest BCUT2D eigenvalue weighted by molar-refractivity contribution is 0.0373. The van der Waals surface area contributed by atoms with Gasteiger partial charge in [-0.2, -0.15) is 0 Å². The number of nitrogens with one attached hydrogen (secondary N) is 3. The summed E-state index contributed by atoms with van der Waals surface area (Å²) in [6.07, 6.45) is 3.09. The van der Waals surface area contributed by atoms with Crippen LogP contribution in [-0.2, 0) is 11.2 Å². The van der Waals surface area contributed by atoms with E-state index in [1.807, 2.05) is 24.3 Å². The topological polar surface area (TPSA) is 78.0 Å². The fraction of sp³-hybridized carbons (Fsp3) is 0.619. The molecule has 3 N–H and O–H groups in total. The van der Waals surface area contributed by atoms with Gasteiger partial charge in [0.05, 0.1) is 13.2 Å². The Kier molecular flexibility index (Phi) is 10.4. The van der Waals surface area contributed by atoms with Gasteiger partial charge in [0.15, 0.2) is 5.96 Å². The van der Waals surface area contributed by atoms with Crippen molar-refractivity contribution in [3.8, 4) is 0 Å². The first kappa shape index (κ1) is 22.2. The molecule has 1 aliphatic rings. The molecule has 7 heteroatoms. The molecule has 0 spiro atoms. The Morgan fingerprint density at radius 1 is 1.21 bits per heavy atom. The van der Waals surface area contributed by atoms with Crippen molar-refractivity contribution >= 4 is 11.9 Å². The van der Waals surface area contributed by atoms with E-state index in [-0.39, 0.29) is 5.91 Å². The minimum Gasteiger partial charge on any atom is -0.379 e. The summed E-state index contributed by atoms with van der Waals surface area (Å²) in [5.74, 6) is 0.804. The molecule has 0 atom stereocenters. The molecule has 0 radical (unpaired) electrons. The minimum atomic E-state index is -0.0539. The number of amides is 1. The predicted octanol–water partition coefficient (Wildman–Crippen LogP) is 1.26. The molecule has 1 amide bonds. The molecule has 7 nitrogen and oxygen atoms in total. The van der Waals surface area contributed by atoms with Gasteiger partial charge in [0.1, 0.15) is 0 Å². The SMILES string of the molecule is CCNC(=NCCCCN1CCOCC1)NCCc1cccc(C(=O)NC)c1. The summed E-state index contributed by atoms with van der Waals surface area (Å²) < 4.78 is 5.38. The zero-order valence-electron chi connectivity index (χ0n) is 17.3. The van der Waals surface area contributed by atoms with Crippen LogP contribution in [0.4, 0.5) is 0 Å². The fourth-order valence-electron chi connectivity index (χ4n) is 3.14. The molecule has 0 aliphatic carbocycles. The zero-order valence-corrected chi connectivity index (χ0v) is 17.3. The van der Waals surface area contributed by atoms with Gasteiger partial charge in [0.25, 0.3) is 5.91 Å². The van der Waals surface area contributed by atoms with Crippen LogP contribution in [0.5, 0.6) is 0 Å². The van der Waals surface area contributed by atoms with E-state index in [0.717, 1.165) is 83.3 Å². The first-order chi connectivity index (χ1) is 13.7. The third-order valence-corrected chi connectivity index (χ3v) is 4.72. The van der Waals surface area contributed by atoms with Gasteiger partial charge in [0, 0.05) is 45.3 Å². The molecule has 2 rings (SSSR count). The van der Waals surface area contributed by atoms with Crippen molar-refractivity contribution in [2.75, 3.05) is 59.5 Å². The van der Waals surface area contributed by atoms with Crippen molar-refractivity contribution in [2.24, 2.45) is 4.99 Å². The van der Waals surface area contributed by atoms with Gasteiger partial charge >= 0.3 is 0 Å². The molecule has 1 saturated heterocycles. The Labute approximate surface area is 168 Å². The van der Waals surface area contributed by atoms with E-state index in [4.69, 9.17) is 4.74 Å². The fourth-order valence-corrected chi connectivity index (χ4v) is 3.14. The Morgan fingerprint density at radius 3 is 2.79 bits per heavy atom. The molecule has 28 heavy (non-hydrogen) atoms. The molecule has 1 fully saturated rings. The van der Waals surface area contributed by atoms with Gasteiger partial charge in [-0.05, 0) is 50.4 Å². The van der Waals surface area contributed by atoms with Crippen molar-refractivity contribution in [3.63, 3.8) is 0 Å². The Morgan fingerprint density at radius 2 is 2.04 bits per heavy atom. The number of aliphatic imine (C=N–C) groups is 1. The molecule has 0 aromatic heterocycles. The number of nitrogens with zero attached hydrogens (tertiary/aromatic N) is 2. The van der Waals surface area contributed by atoms with Gasteiger partial charge in [-0.15, -0.1) is 0 Å². The smallest absolute Gasteiger partial charge is 0.251 e. The maximum atomic E-state index is 11.7. The molecule has 0 unspecified atom stereocenters. The van der Waals surface area contributed by atoms with Crippen LogP contribution in [0.2, 0.25) is 0 Å². The highest BCUT2D eigenvalue weighted by Gasteiger charge is 2.09. The van der Waals surface area contributed by atoms with Crippen molar-refractivity contribution in [1.29, 1.82) is 0 Å². The summed E-state index contributed by atoms with van der Waals surface area (Å²) in [5, 5.41) is 9.34. The quantitative estimate of drug-likeness (QED) is 0.319. The van der Waals surface area contributed by atoms with Crippen LogP contribution < -0.4 is 16.0 Å². The number of guanidine groups is 1. The van der Waals surface area contributed by atoms with Gasteiger partial charge in [-0.1, -0.05) is 12.1 Å². The van der Waals surface area contributed by atoms with Crippen LogP contribution in [0.25, 0.3) is 0 Å². The number of benzene rings is 1. The molecular weight excluding hydrogens is 354 g/mol. The monoisotopic (exact) mass is 389 g/mol. The number of hydrogen-bond donors (Lipinski definition) is 3. The largest absolute Gasteiger partial charge is 0.379 e. The van der Waals surface area contributed by atoms with Gasteiger partial charge in [0.2, 0.25) is 0 Å². The normalized spacial score (nSPS) is 15.3. The van der Waals surface area contributed by atoms with Gasteiger partial charge in [-0.25, -0.2) is 0 Å². The first-order valence-electron chi connectivity index (χ1n) is 10.4. The molecule has 1 aromatic rings. The van der Waals surface area contributed by atoms with Gasteiger partial charge in [-0.3, -0.25) is 14.7 Å². The van der Waals surface area contributed by atoms with Crippen molar-refractivity contribution in [1.82, 2.24) is 20.9 Å². The molecular formula is C21H35N5O2. The maximum Gasteiger partial charge on any atom is 0.251 e. The molecule has 0 saturated carbocycles. The lowest BCUT2D eigenvalue weighted by Gasteiger charge is -2.26. The summed E-state index contributed by atoms with van der Waals surface area (Å²) in [6, 6.07) is 7.74. The van der Waals surface area contributed by atoms with Crippen LogP contribution in [0.1, 0.15) is 35.7 Å². The number of carbonyl (C=O) groups is 1. The number of morpholine rings is 1. The number of carbonyl (C=O) groups excluding carboxylic acids is 1. The predicted molar refractivity (Wildman–Crippen MR) is 114 cm³/mol. The Hall–Kier alpha value is -2.12. The average molecular weight is 390 g/mol. The van der Waals surface area contributed by atoms with Gasteiger partial charge < -0.3 is 20.7 Å². The van der Waals surface area contributed by atoms with E-state index in [1.54, 1.807) is 7.05 Å². The first-order valence-corrected chi connectivity index (χ1v) is 10.4. The van der Waals surface area contributed by atoms with Crippen LogP contribution in [-0.4, -0.2) is 76.3 Å². The average Bonchev–Trinajstić information content (AvgIpc) is 2.74. The summed E-state index contributed by atoms with van der Waals surface area (Å²) in [4.78, 5) is 18.9. The van der Waals surface area contributed by atoms with E-state index in [0.29, 0.717) is 5.56 Å². The van der Waals surface area contributed by atoms with Crippen molar-refractivity contribution in [2.45, 2.75) is 26.2 Å². The highest BCUT2D eigenvalue weighted by molar-refractivity contribution is 5.94. The van der Waals surface area contributed by atoms with Crippen LogP contribution in [0, 0.1) is 0 Å². The highest BCUT2D eigenvalue weighted by atomic mass is 16.5. The second kappa shape index (κ2) is 13.1. The van der Waals surface area contributed by atoms with Crippen LogP contribution in [0.15, 0.2) is 29.3 Å². The summed E-state index contributed by atoms with van der Waals surface area (Å²) in [6.45, 7) is 9.46. The number of ether oxygens (including phenoxy) is 1. The second-order valence-electron chi connectivity index (χ2n) is 6.88. The Bertz CT molecular complexity index is 615. The highest BCUT2D eigenvalue weighted by Crippen LogP contribution is 2.06. The molecule has 0 bridgehead atoms. The van der Waals surface area contributed by atoms with E-state index >= 15 is 0 Å². The second-order valence-corrected chi connectivity index (χ2v) is 6.88. The third kappa shape index (κ3) is 8.27. The van der Waals surface area contributed by atoms with E-state index in [2.05, 4.69) is 32.8 Å². The van der Waals surface area contributed by atoms with Crippen molar-refractivity contribution in [3.05, 3.63) is 35.4 Å². The van der Waals surface area contributed by atoms with E-state index in [9.17, 15) is 4.79 Å². The molecule has 1 aromatic carbocycles. The minimum absolute atomic E-state index is 0.0539. The third-order valence-electron chi connectivity index (χ3n) is 4.72. The standard InChI is InChI=1S/C21H35N5O2/c1-3-23-21(24-10-4-5-12-26-13-15-28-16-14-26)25-11-9-18-7-6-8-19(17-18)20(27)22-2/h6-8,17H,3-5,9-16H2,1-2H3,(H,22,27)(H2,23,24,25). The van der Waals surface area contributed by atoms with Crippen molar-refractivity contribution < 1.29 is 9.53 Å². The van der Waals surface area contributed by atoms with E-state index < -0.39 is 0 Å². The van der Waals surface area contributed by atoms with E-state index in [1.165, 1.54) is 0 Å². The number of rotatable bonds is 10.